The Kier molecular flexibility index (Phi) is 4.55. The second kappa shape index (κ2) is 6.16. The van der Waals surface area contributed by atoms with Crippen LogP contribution in [0.15, 0.2) is 18.3 Å². The molecule has 0 spiro atoms. The summed E-state index contributed by atoms with van der Waals surface area (Å²) in [5.41, 5.74) is 1.82. The summed E-state index contributed by atoms with van der Waals surface area (Å²) in [4.78, 5) is 6.61. The molecule has 2 rings (SSSR count). The lowest BCUT2D eigenvalue weighted by Gasteiger charge is -2.34. The predicted molar refractivity (Wildman–Crippen MR) is 71.5 cm³/mol. The number of pyridine rings is 1. The SMILES string of the molecule is C[C@H](O)c1ccc(N2CCCC(CCO)C2)cn1. The summed E-state index contributed by atoms with van der Waals surface area (Å²) < 4.78 is 0. The largest absolute Gasteiger partial charge is 0.396 e. The molecule has 4 heteroatoms. The third-order valence-corrected chi connectivity index (χ3v) is 3.62. The van der Waals surface area contributed by atoms with Crippen LogP contribution in [-0.2, 0) is 0 Å². The molecule has 2 N–H and O–H groups in total. The van der Waals surface area contributed by atoms with Crippen LogP contribution in [0.2, 0.25) is 0 Å². The lowest BCUT2D eigenvalue weighted by molar-refractivity contribution is 0.194. The van der Waals surface area contributed by atoms with Crippen molar-refractivity contribution >= 4 is 5.69 Å². The Labute approximate surface area is 108 Å². The molecule has 100 valence electrons. The summed E-state index contributed by atoms with van der Waals surface area (Å²) in [6, 6.07) is 3.91. The zero-order valence-corrected chi connectivity index (χ0v) is 10.9. The van der Waals surface area contributed by atoms with Crippen molar-refractivity contribution < 1.29 is 10.2 Å². The highest BCUT2D eigenvalue weighted by Crippen LogP contribution is 2.25. The minimum absolute atomic E-state index is 0.276. The van der Waals surface area contributed by atoms with Crippen molar-refractivity contribution in [3.05, 3.63) is 24.0 Å². The van der Waals surface area contributed by atoms with Gasteiger partial charge in [-0.1, -0.05) is 0 Å². The topological polar surface area (TPSA) is 56.6 Å². The Hall–Kier alpha value is -1.13. The number of hydrogen-bond donors (Lipinski definition) is 2. The van der Waals surface area contributed by atoms with Gasteiger partial charge in [-0.2, -0.15) is 0 Å². The second-order valence-electron chi connectivity index (χ2n) is 5.08. The van der Waals surface area contributed by atoms with Crippen LogP contribution in [0.1, 0.15) is 38.0 Å². The Morgan fingerprint density at radius 2 is 2.33 bits per heavy atom. The number of aromatic nitrogens is 1. The molecule has 1 aromatic heterocycles. The van der Waals surface area contributed by atoms with E-state index in [-0.39, 0.29) is 6.61 Å². The smallest absolute Gasteiger partial charge is 0.0931 e. The predicted octanol–water partition coefficient (Wildman–Crippen LogP) is 1.73. The van der Waals surface area contributed by atoms with Gasteiger partial charge in [-0.15, -0.1) is 0 Å². The highest BCUT2D eigenvalue weighted by Gasteiger charge is 2.19. The summed E-state index contributed by atoms with van der Waals surface area (Å²) in [5, 5.41) is 18.4. The zero-order chi connectivity index (χ0) is 13.0. The molecule has 1 aromatic rings. The van der Waals surface area contributed by atoms with Crippen molar-refractivity contribution in [2.75, 3.05) is 24.6 Å². The quantitative estimate of drug-likeness (QED) is 0.854. The van der Waals surface area contributed by atoms with Crippen molar-refractivity contribution in [2.24, 2.45) is 5.92 Å². The summed E-state index contributed by atoms with van der Waals surface area (Å²) >= 11 is 0. The number of rotatable bonds is 4. The normalized spacial score (nSPS) is 21.9. The van der Waals surface area contributed by atoms with E-state index in [1.54, 1.807) is 6.92 Å². The van der Waals surface area contributed by atoms with Gasteiger partial charge in [0, 0.05) is 19.7 Å². The van der Waals surface area contributed by atoms with Crippen molar-refractivity contribution in [1.29, 1.82) is 0 Å². The number of nitrogens with zero attached hydrogens (tertiary/aromatic N) is 2. The Bertz CT molecular complexity index is 363. The van der Waals surface area contributed by atoms with Gasteiger partial charge in [-0.05, 0) is 44.2 Å². The fourth-order valence-corrected chi connectivity index (χ4v) is 2.55. The van der Waals surface area contributed by atoms with Crippen molar-refractivity contribution in [1.82, 2.24) is 4.98 Å². The molecule has 1 unspecified atom stereocenters. The fraction of sp³-hybridized carbons (Fsp3) is 0.643. The van der Waals surface area contributed by atoms with E-state index < -0.39 is 6.10 Å². The molecule has 0 aromatic carbocycles. The minimum atomic E-state index is -0.512. The first-order valence-corrected chi connectivity index (χ1v) is 6.70. The number of aliphatic hydroxyl groups excluding tert-OH is 2. The molecule has 1 saturated heterocycles. The van der Waals surface area contributed by atoms with E-state index >= 15 is 0 Å². The lowest BCUT2D eigenvalue weighted by Crippen LogP contribution is -2.35. The van der Waals surface area contributed by atoms with E-state index in [1.807, 2.05) is 18.3 Å². The molecular weight excluding hydrogens is 228 g/mol. The monoisotopic (exact) mass is 250 g/mol. The molecule has 1 aliphatic heterocycles. The summed E-state index contributed by atoms with van der Waals surface area (Å²) in [5.74, 6) is 0.584. The van der Waals surface area contributed by atoms with E-state index in [2.05, 4.69) is 9.88 Å². The van der Waals surface area contributed by atoms with Crippen LogP contribution in [0.5, 0.6) is 0 Å². The van der Waals surface area contributed by atoms with Crippen LogP contribution in [0.4, 0.5) is 5.69 Å². The van der Waals surface area contributed by atoms with E-state index in [1.165, 1.54) is 12.8 Å². The maximum Gasteiger partial charge on any atom is 0.0931 e. The van der Waals surface area contributed by atoms with Crippen LogP contribution in [0.3, 0.4) is 0 Å². The molecular formula is C14H22N2O2. The molecule has 4 nitrogen and oxygen atoms in total. The van der Waals surface area contributed by atoms with Gasteiger partial charge in [0.1, 0.15) is 0 Å². The number of aliphatic hydroxyl groups is 2. The first-order chi connectivity index (χ1) is 8.70. The van der Waals surface area contributed by atoms with Gasteiger partial charge in [0.25, 0.3) is 0 Å². The molecule has 0 radical (unpaired) electrons. The molecule has 18 heavy (non-hydrogen) atoms. The molecule has 1 fully saturated rings. The van der Waals surface area contributed by atoms with E-state index in [9.17, 15) is 5.11 Å². The van der Waals surface area contributed by atoms with E-state index in [0.717, 1.165) is 25.2 Å². The highest BCUT2D eigenvalue weighted by atomic mass is 16.3. The third kappa shape index (κ3) is 3.21. The van der Waals surface area contributed by atoms with Crippen LogP contribution < -0.4 is 4.90 Å². The van der Waals surface area contributed by atoms with Crippen LogP contribution in [-0.4, -0.2) is 34.9 Å². The molecule has 0 bridgehead atoms. The first kappa shape index (κ1) is 13.3. The Morgan fingerprint density at radius 1 is 1.50 bits per heavy atom. The van der Waals surface area contributed by atoms with Crippen LogP contribution >= 0.6 is 0 Å². The summed E-state index contributed by atoms with van der Waals surface area (Å²) in [7, 11) is 0. The van der Waals surface area contributed by atoms with Crippen molar-refractivity contribution in [3.63, 3.8) is 0 Å². The summed E-state index contributed by atoms with van der Waals surface area (Å²) in [6.45, 7) is 4.05. The Balaban J connectivity index is 2.02. The maximum absolute atomic E-state index is 9.43. The standard InChI is InChI=1S/C14H22N2O2/c1-11(18)14-5-4-13(9-15-14)16-7-2-3-12(10-16)6-8-17/h4-5,9,11-12,17-18H,2-3,6-8,10H2,1H3/t11-,12?/m0/s1. The third-order valence-electron chi connectivity index (χ3n) is 3.62. The average Bonchev–Trinajstić information content (AvgIpc) is 2.39. The second-order valence-corrected chi connectivity index (χ2v) is 5.08. The maximum atomic E-state index is 9.43. The number of anilines is 1. The molecule has 0 amide bonds. The Morgan fingerprint density at radius 3 is 2.94 bits per heavy atom. The van der Waals surface area contributed by atoms with Gasteiger partial charge in [0.15, 0.2) is 0 Å². The van der Waals surface area contributed by atoms with Gasteiger partial charge in [-0.3, -0.25) is 4.98 Å². The minimum Gasteiger partial charge on any atom is -0.396 e. The molecule has 2 heterocycles. The highest BCUT2D eigenvalue weighted by molar-refractivity contribution is 5.45. The fourth-order valence-electron chi connectivity index (χ4n) is 2.55. The van der Waals surface area contributed by atoms with Gasteiger partial charge < -0.3 is 15.1 Å². The van der Waals surface area contributed by atoms with Gasteiger partial charge >= 0.3 is 0 Å². The van der Waals surface area contributed by atoms with Crippen LogP contribution in [0, 0.1) is 5.92 Å². The molecule has 1 aliphatic rings. The molecule has 0 aliphatic carbocycles. The first-order valence-electron chi connectivity index (χ1n) is 6.70. The number of piperidine rings is 1. The molecule has 2 atom stereocenters. The van der Waals surface area contributed by atoms with Gasteiger partial charge in [0.2, 0.25) is 0 Å². The van der Waals surface area contributed by atoms with Crippen molar-refractivity contribution in [2.45, 2.75) is 32.3 Å². The summed E-state index contributed by atoms with van der Waals surface area (Å²) in [6.07, 6.45) is 4.58. The number of hydrogen-bond acceptors (Lipinski definition) is 4. The average molecular weight is 250 g/mol. The lowest BCUT2D eigenvalue weighted by atomic mass is 9.95. The van der Waals surface area contributed by atoms with Gasteiger partial charge in [0.05, 0.1) is 23.7 Å². The zero-order valence-electron chi connectivity index (χ0n) is 10.9. The van der Waals surface area contributed by atoms with Crippen LogP contribution in [0.25, 0.3) is 0 Å². The van der Waals surface area contributed by atoms with Gasteiger partial charge in [-0.25, -0.2) is 0 Å². The van der Waals surface area contributed by atoms with Crippen molar-refractivity contribution in [3.8, 4) is 0 Å². The van der Waals surface area contributed by atoms with E-state index in [4.69, 9.17) is 5.11 Å². The molecule has 0 saturated carbocycles. The van der Waals surface area contributed by atoms with E-state index in [0.29, 0.717) is 11.6 Å².